The van der Waals surface area contributed by atoms with Gasteiger partial charge < -0.3 is 15.4 Å². The molecule has 2 saturated carbocycles. The summed E-state index contributed by atoms with van der Waals surface area (Å²) >= 11 is 6.99. The van der Waals surface area contributed by atoms with Crippen LogP contribution in [0.2, 0.25) is 0 Å². The second-order valence-electron chi connectivity index (χ2n) is 7.99. The molecule has 2 aromatic rings. The summed E-state index contributed by atoms with van der Waals surface area (Å²) in [6.07, 6.45) is 0.715. The molecule has 0 unspecified atom stereocenters. The largest absolute Gasteiger partial charge is 0.461 e. The molecule has 2 amide bonds. The highest BCUT2D eigenvalue weighted by Gasteiger charge is 2.67. The van der Waals surface area contributed by atoms with Gasteiger partial charge in [-0.2, -0.15) is 0 Å². The lowest BCUT2D eigenvalue weighted by atomic mass is 9.79. The van der Waals surface area contributed by atoms with Crippen LogP contribution in [0.25, 0.3) is 0 Å². The molecule has 3 aliphatic rings. The summed E-state index contributed by atoms with van der Waals surface area (Å²) in [5, 5.41) is 5.74. The average Bonchev–Trinajstić information content (AvgIpc) is 3.34. The smallest absolute Gasteiger partial charge is 0.310 e. The first-order valence-electron chi connectivity index (χ1n) is 9.75. The molecular weight excluding hydrogens is 516 g/mol. The lowest BCUT2D eigenvalue weighted by Gasteiger charge is -2.27. The second kappa shape index (κ2) is 7.50. The Hall–Kier alpha value is -2.19. The first-order valence-corrected chi connectivity index (χ1v) is 11.5. The number of hydrogen-bond donors (Lipinski definition) is 2. The van der Waals surface area contributed by atoms with E-state index >= 15 is 0 Å². The number of esters is 1. The van der Waals surface area contributed by atoms with Crippen LogP contribution in [0.4, 0.5) is 11.4 Å². The fourth-order valence-electron chi connectivity index (χ4n) is 5.03. The Labute approximate surface area is 190 Å². The molecule has 2 N–H and O–H groups in total. The number of amides is 2. The minimum absolute atomic E-state index is 0.0176. The first kappa shape index (κ1) is 19.8. The van der Waals surface area contributed by atoms with Crippen LogP contribution < -0.4 is 10.6 Å². The molecule has 154 valence electrons. The number of fused-ring (bicyclic) bond motifs is 1. The third kappa shape index (κ3) is 3.26. The number of hydrogen-bond acceptors (Lipinski definition) is 4. The van der Waals surface area contributed by atoms with Gasteiger partial charge in [0.05, 0.1) is 16.7 Å². The molecule has 1 saturated heterocycles. The third-order valence-electron chi connectivity index (χ3n) is 6.32. The molecule has 0 radical (unpaired) electrons. The fourth-order valence-corrected chi connectivity index (χ4v) is 6.34. The van der Waals surface area contributed by atoms with E-state index < -0.39 is 5.92 Å². The van der Waals surface area contributed by atoms with Gasteiger partial charge in [0, 0.05) is 27.3 Å². The molecule has 8 heteroatoms. The molecule has 1 aliphatic heterocycles. The minimum Gasteiger partial charge on any atom is -0.461 e. The summed E-state index contributed by atoms with van der Waals surface area (Å²) in [6, 6.07) is 14.1. The molecule has 3 fully saturated rings. The normalized spacial score (nSPS) is 30.8. The number of benzene rings is 2. The van der Waals surface area contributed by atoms with Crippen LogP contribution in [0.15, 0.2) is 53.0 Å². The molecule has 30 heavy (non-hydrogen) atoms. The van der Waals surface area contributed by atoms with Gasteiger partial charge in [-0.1, -0.05) is 37.9 Å². The number of ether oxygens (including phenoxy) is 1. The molecular formula is C22H18Br2N2O4. The van der Waals surface area contributed by atoms with Gasteiger partial charge in [0.2, 0.25) is 5.91 Å². The Bertz CT molecular complexity index is 1040. The fraction of sp³-hybridized carbons (Fsp3) is 0.318. The van der Waals surface area contributed by atoms with Gasteiger partial charge in [-0.25, -0.2) is 0 Å². The summed E-state index contributed by atoms with van der Waals surface area (Å²) in [5.41, 5.74) is 1.64. The predicted octanol–water partition coefficient (Wildman–Crippen LogP) is 4.21. The van der Waals surface area contributed by atoms with Crippen LogP contribution in [0.3, 0.4) is 0 Å². The van der Waals surface area contributed by atoms with Gasteiger partial charge in [0.1, 0.15) is 6.10 Å². The average molecular weight is 534 g/mol. The molecule has 2 aromatic carbocycles. The van der Waals surface area contributed by atoms with Gasteiger partial charge in [0.15, 0.2) is 0 Å². The van der Waals surface area contributed by atoms with E-state index in [1.54, 1.807) is 36.4 Å². The number of alkyl halides is 1. The molecule has 5 rings (SSSR count). The van der Waals surface area contributed by atoms with Crippen LogP contribution >= 0.6 is 31.9 Å². The van der Waals surface area contributed by atoms with E-state index in [2.05, 4.69) is 42.5 Å². The zero-order chi connectivity index (χ0) is 21.0. The Morgan fingerprint density at radius 1 is 1.00 bits per heavy atom. The maximum Gasteiger partial charge on any atom is 0.310 e. The van der Waals surface area contributed by atoms with Crippen molar-refractivity contribution in [1.29, 1.82) is 0 Å². The summed E-state index contributed by atoms with van der Waals surface area (Å²) < 4.78 is 6.40. The zero-order valence-corrected chi connectivity index (χ0v) is 18.9. The number of carbonyl (C=O) groups is 3. The van der Waals surface area contributed by atoms with Gasteiger partial charge in [-0.3, -0.25) is 14.4 Å². The van der Waals surface area contributed by atoms with E-state index in [4.69, 9.17) is 4.74 Å². The van der Waals surface area contributed by atoms with Crippen molar-refractivity contribution in [2.75, 3.05) is 10.6 Å². The van der Waals surface area contributed by atoms with Crippen molar-refractivity contribution < 1.29 is 19.1 Å². The quantitative estimate of drug-likeness (QED) is 0.455. The number of anilines is 2. The minimum atomic E-state index is -0.411. The van der Waals surface area contributed by atoms with Crippen molar-refractivity contribution in [2.24, 2.45) is 23.7 Å². The lowest BCUT2D eigenvalue weighted by molar-refractivity contribution is -0.145. The number of carbonyl (C=O) groups excluding carboxylic acids is 3. The molecule has 0 aromatic heterocycles. The molecule has 6 atom stereocenters. The Balaban J connectivity index is 1.30. The van der Waals surface area contributed by atoms with Gasteiger partial charge in [-0.05, 0) is 54.8 Å². The Morgan fingerprint density at radius 3 is 2.53 bits per heavy atom. The van der Waals surface area contributed by atoms with Crippen molar-refractivity contribution in [3.63, 3.8) is 0 Å². The third-order valence-corrected chi connectivity index (χ3v) is 8.05. The summed E-state index contributed by atoms with van der Waals surface area (Å²) in [5.74, 6) is -1.30. The van der Waals surface area contributed by atoms with E-state index in [-0.39, 0.29) is 46.5 Å². The van der Waals surface area contributed by atoms with E-state index in [0.717, 1.165) is 10.9 Å². The van der Waals surface area contributed by atoms with Crippen molar-refractivity contribution in [3.8, 4) is 0 Å². The highest BCUT2D eigenvalue weighted by atomic mass is 79.9. The van der Waals surface area contributed by atoms with Crippen LogP contribution in [0, 0.1) is 23.7 Å². The topological polar surface area (TPSA) is 84.5 Å². The number of rotatable bonds is 4. The van der Waals surface area contributed by atoms with Crippen LogP contribution in [-0.4, -0.2) is 28.7 Å². The highest BCUT2D eigenvalue weighted by Crippen LogP contribution is 2.60. The first-order chi connectivity index (χ1) is 14.4. The Morgan fingerprint density at radius 2 is 1.77 bits per heavy atom. The second-order valence-corrected chi connectivity index (χ2v) is 9.96. The lowest BCUT2D eigenvalue weighted by Crippen LogP contribution is -2.40. The van der Waals surface area contributed by atoms with E-state index in [0.29, 0.717) is 16.9 Å². The molecule has 1 heterocycles. The van der Waals surface area contributed by atoms with Gasteiger partial charge in [0.25, 0.3) is 5.91 Å². The van der Waals surface area contributed by atoms with Gasteiger partial charge >= 0.3 is 5.97 Å². The summed E-state index contributed by atoms with van der Waals surface area (Å²) in [4.78, 5) is 37.9. The van der Waals surface area contributed by atoms with E-state index in [1.807, 2.05) is 12.1 Å². The molecule has 0 spiro atoms. The molecule has 6 nitrogen and oxygen atoms in total. The number of nitrogens with one attached hydrogen (secondary N) is 2. The van der Waals surface area contributed by atoms with Crippen molar-refractivity contribution in [2.45, 2.75) is 17.4 Å². The predicted molar refractivity (Wildman–Crippen MR) is 118 cm³/mol. The van der Waals surface area contributed by atoms with Crippen molar-refractivity contribution in [1.82, 2.24) is 0 Å². The van der Waals surface area contributed by atoms with E-state index in [1.165, 1.54) is 0 Å². The van der Waals surface area contributed by atoms with Crippen LogP contribution in [0.5, 0.6) is 0 Å². The van der Waals surface area contributed by atoms with Crippen molar-refractivity contribution in [3.05, 3.63) is 58.6 Å². The summed E-state index contributed by atoms with van der Waals surface area (Å²) in [7, 11) is 0. The summed E-state index contributed by atoms with van der Waals surface area (Å²) in [6.45, 7) is 0. The Kier molecular flexibility index (Phi) is 4.94. The maximum atomic E-state index is 13.0. The molecule has 2 aliphatic carbocycles. The standard InChI is InChI=1S/C22H18Br2N2O4/c23-11-4-6-12(7-5-11)25-20(27)10-2-1-3-13(8-10)26-21(28)16-14-9-15-17(16)22(29)30-19(15)18(14)24/h1-8,14-19H,9H2,(H,25,27)(H,26,28)/t14-,15-,16-,17-,18+,19+/m1/s1. The maximum absolute atomic E-state index is 13.0. The van der Waals surface area contributed by atoms with Crippen LogP contribution in [0.1, 0.15) is 16.8 Å². The number of halogens is 2. The SMILES string of the molecule is O=C(Nc1ccc(Br)cc1)c1cccc(NC(=O)[C@@H]2[C@H]3C[C@H]4[C@H](OC(=O)[C@H]42)[C@H]3Br)c1. The van der Waals surface area contributed by atoms with E-state index in [9.17, 15) is 14.4 Å². The van der Waals surface area contributed by atoms with Crippen LogP contribution in [-0.2, 0) is 14.3 Å². The monoisotopic (exact) mass is 532 g/mol. The zero-order valence-electron chi connectivity index (χ0n) is 15.7. The van der Waals surface area contributed by atoms with Crippen molar-refractivity contribution >= 4 is 61.0 Å². The van der Waals surface area contributed by atoms with Gasteiger partial charge in [-0.15, -0.1) is 0 Å². The highest BCUT2D eigenvalue weighted by molar-refractivity contribution is 9.10. The molecule has 2 bridgehead atoms.